The molecule has 0 aromatic heterocycles. The minimum atomic E-state index is -0.0348. The standard InChI is InChI=1S/C15H25NO2/c1-5-6-11(2)10-18-15-9-13(17-4)7-8-14(15)12(3)16/h7-9,11-12H,5-6,10,16H2,1-4H3/t11?,12-/m1/s1. The van der Waals surface area contributed by atoms with Gasteiger partial charge in [0, 0.05) is 17.7 Å². The summed E-state index contributed by atoms with van der Waals surface area (Å²) < 4.78 is 11.1. The van der Waals surface area contributed by atoms with Crippen molar-refractivity contribution in [3.05, 3.63) is 23.8 Å². The van der Waals surface area contributed by atoms with E-state index in [2.05, 4.69) is 13.8 Å². The van der Waals surface area contributed by atoms with Crippen molar-refractivity contribution in [3.63, 3.8) is 0 Å². The fourth-order valence-electron chi connectivity index (χ4n) is 1.95. The van der Waals surface area contributed by atoms with Gasteiger partial charge in [0.1, 0.15) is 11.5 Å². The summed E-state index contributed by atoms with van der Waals surface area (Å²) in [7, 11) is 1.66. The number of ether oxygens (including phenoxy) is 2. The molecule has 0 bridgehead atoms. The maximum Gasteiger partial charge on any atom is 0.127 e. The summed E-state index contributed by atoms with van der Waals surface area (Å²) in [4.78, 5) is 0. The van der Waals surface area contributed by atoms with Crippen LogP contribution in [0.3, 0.4) is 0 Å². The van der Waals surface area contributed by atoms with Gasteiger partial charge in [-0.25, -0.2) is 0 Å². The fraction of sp³-hybridized carbons (Fsp3) is 0.600. The normalized spacial score (nSPS) is 14.1. The van der Waals surface area contributed by atoms with Crippen LogP contribution >= 0.6 is 0 Å². The second-order valence-corrected chi connectivity index (χ2v) is 4.90. The summed E-state index contributed by atoms with van der Waals surface area (Å²) in [6, 6.07) is 5.77. The van der Waals surface area contributed by atoms with Gasteiger partial charge < -0.3 is 15.2 Å². The van der Waals surface area contributed by atoms with E-state index < -0.39 is 0 Å². The Labute approximate surface area is 110 Å². The number of benzene rings is 1. The predicted molar refractivity (Wildman–Crippen MR) is 75.2 cm³/mol. The van der Waals surface area contributed by atoms with Gasteiger partial charge in [-0.3, -0.25) is 0 Å². The molecule has 0 aliphatic carbocycles. The molecular weight excluding hydrogens is 226 g/mol. The molecule has 3 nitrogen and oxygen atoms in total. The molecule has 18 heavy (non-hydrogen) atoms. The molecule has 3 heteroatoms. The summed E-state index contributed by atoms with van der Waals surface area (Å²) in [5.74, 6) is 2.20. The SMILES string of the molecule is CCCC(C)COc1cc(OC)ccc1[C@@H](C)N. The van der Waals surface area contributed by atoms with Crippen LogP contribution in [0.1, 0.15) is 45.2 Å². The summed E-state index contributed by atoms with van der Waals surface area (Å²) in [5.41, 5.74) is 6.98. The predicted octanol–water partition coefficient (Wildman–Crippen LogP) is 3.53. The van der Waals surface area contributed by atoms with Crippen LogP contribution in [0.5, 0.6) is 11.5 Å². The van der Waals surface area contributed by atoms with E-state index in [0.717, 1.165) is 23.7 Å². The van der Waals surface area contributed by atoms with Gasteiger partial charge in [0.2, 0.25) is 0 Å². The molecule has 0 saturated heterocycles. The first kappa shape index (κ1) is 14.8. The van der Waals surface area contributed by atoms with Crippen LogP contribution in [0, 0.1) is 5.92 Å². The monoisotopic (exact) mass is 251 g/mol. The Kier molecular flexibility index (Phi) is 5.99. The van der Waals surface area contributed by atoms with Crippen molar-refractivity contribution < 1.29 is 9.47 Å². The molecule has 102 valence electrons. The zero-order valence-corrected chi connectivity index (χ0v) is 11.9. The molecule has 0 aliphatic heterocycles. The molecule has 2 atom stereocenters. The average Bonchev–Trinajstić information content (AvgIpc) is 2.36. The van der Waals surface area contributed by atoms with Gasteiger partial charge in [0.05, 0.1) is 13.7 Å². The van der Waals surface area contributed by atoms with E-state index in [1.165, 1.54) is 12.8 Å². The number of hydrogen-bond donors (Lipinski definition) is 1. The molecule has 0 amide bonds. The average molecular weight is 251 g/mol. The van der Waals surface area contributed by atoms with Gasteiger partial charge in [0.15, 0.2) is 0 Å². The smallest absolute Gasteiger partial charge is 0.127 e. The lowest BCUT2D eigenvalue weighted by Crippen LogP contribution is -2.12. The van der Waals surface area contributed by atoms with Gasteiger partial charge >= 0.3 is 0 Å². The van der Waals surface area contributed by atoms with Crippen LogP contribution in [0.25, 0.3) is 0 Å². The van der Waals surface area contributed by atoms with Crippen molar-refractivity contribution in [1.29, 1.82) is 0 Å². The summed E-state index contributed by atoms with van der Waals surface area (Å²) in [5, 5.41) is 0. The van der Waals surface area contributed by atoms with Gasteiger partial charge in [-0.05, 0) is 25.3 Å². The van der Waals surface area contributed by atoms with Crippen molar-refractivity contribution in [3.8, 4) is 11.5 Å². The number of nitrogens with two attached hydrogens (primary N) is 1. The van der Waals surface area contributed by atoms with Crippen molar-refractivity contribution in [2.24, 2.45) is 11.7 Å². The number of methoxy groups -OCH3 is 1. The van der Waals surface area contributed by atoms with Gasteiger partial charge in [-0.2, -0.15) is 0 Å². The Morgan fingerprint density at radius 3 is 2.56 bits per heavy atom. The van der Waals surface area contributed by atoms with Gasteiger partial charge in [0.25, 0.3) is 0 Å². The molecular formula is C15H25NO2. The van der Waals surface area contributed by atoms with Crippen LogP contribution in [-0.4, -0.2) is 13.7 Å². The number of rotatable bonds is 7. The van der Waals surface area contributed by atoms with E-state index in [1.54, 1.807) is 7.11 Å². The minimum absolute atomic E-state index is 0.0348. The Balaban J connectivity index is 2.77. The van der Waals surface area contributed by atoms with E-state index in [0.29, 0.717) is 5.92 Å². The lowest BCUT2D eigenvalue weighted by Gasteiger charge is -2.17. The molecule has 0 radical (unpaired) electrons. The Morgan fingerprint density at radius 2 is 2.00 bits per heavy atom. The molecule has 1 rings (SSSR count). The highest BCUT2D eigenvalue weighted by Crippen LogP contribution is 2.29. The summed E-state index contributed by atoms with van der Waals surface area (Å²) in [6.45, 7) is 7.08. The zero-order chi connectivity index (χ0) is 13.5. The Morgan fingerprint density at radius 1 is 1.28 bits per heavy atom. The first-order valence-electron chi connectivity index (χ1n) is 6.64. The maximum atomic E-state index is 5.95. The quantitative estimate of drug-likeness (QED) is 0.806. The van der Waals surface area contributed by atoms with E-state index in [-0.39, 0.29) is 6.04 Å². The third-order valence-corrected chi connectivity index (χ3v) is 3.02. The van der Waals surface area contributed by atoms with Crippen molar-refractivity contribution in [2.75, 3.05) is 13.7 Å². The molecule has 0 spiro atoms. The van der Waals surface area contributed by atoms with Crippen LogP contribution < -0.4 is 15.2 Å². The fourth-order valence-corrected chi connectivity index (χ4v) is 1.95. The molecule has 1 unspecified atom stereocenters. The van der Waals surface area contributed by atoms with E-state index in [9.17, 15) is 0 Å². The highest BCUT2D eigenvalue weighted by atomic mass is 16.5. The minimum Gasteiger partial charge on any atom is -0.497 e. The lowest BCUT2D eigenvalue weighted by atomic mass is 10.1. The van der Waals surface area contributed by atoms with Crippen LogP contribution in [0.2, 0.25) is 0 Å². The number of hydrogen-bond acceptors (Lipinski definition) is 3. The zero-order valence-electron chi connectivity index (χ0n) is 11.9. The highest BCUT2D eigenvalue weighted by Gasteiger charge is 2.11. The molecule has 0 saturated carbocycles. The third kappa shape index (κ3) is 4.22. The van der Waals surface area contributed by atoms with Crippen molar-refractivity contribution in [2.45, 2.75) is 39.7 Å². The Hall–Kier alpha value is -1.22. The second-order valence-electron chi connectivity index (χ2n) is 4.90. The molecule has 0 aliphatic rings. The highest BCUT2D eigenvalue weighted by molar-refractivity contribution is 5.42. The molecule has 0 fully saturated rings. The lowest BCUT2D eigenvalue weighted by molar-refractivity contribution is 0.247. The van der Waals surface area contributed by atoms with Crippen LogP contribution in [-0.2, 0) is 0 Å². The largest absolute Gasteiger partial charge is 0.497 e. The first-order chi connectivity index (χ1) is 8.58. The summed E-state index contributed by atoms with van der Waals surface area (Å²) >= 11 is 0. The molecule has 1 aromatic rings. The summed E-state index contributed by atoms with van der Waals surface area (Å²) in [6.07, 6.45) is 2.36. The third-order valence-electron chi connectivity index (χ3n) is 3.02. The van der Waals surface area contributed by atoms with Crippen molar-refractivity contribution in [1.82, 2.24) is 0 Å². The molecule has 0 heterocycles. The molecule has 2 N–H and O–H groups in total. The molecule has 1 aromatic carbocycles. The first-order valence-corrected chi connectivity index (χ1v) is 6.64. The van der Waals surface area contributed by atoms with E-state index >= 15 is 0 Å². The maximum absolute atomic E-state index is 5.95. The van der Waals surface area contributed by atoms with Crippen LogP contribution in [0.15, 0.2) is 18.2 Å². The van der Waals surface area contributed by atoms with E-state index in [1.807, 2.05) is 25.1 Å². The Bertz CT molecular complexity index is 364. The van der Waals surface area contributed by atoms with Crippen LogP contribution in [0.4, 0.5) is 0 Å². The van der Waals surface area contributed by atoms with E-state index in [4.69, 9.17) is 15.2 Å². The topological polar surface area (TPSA) is 44.5 Å². The van der Waals surface area contributed by atoms with Gasteiger partial charge in [-0.15, -0.1) is 0 Å². The van der Waals surface area contributed by atoms with Crippen molar-refractivity contribution >= 4 is 0 Å². The van der Waals surface area contributed by atoms with Gasteiger partial charge in [-0.1, -0.05) is 26.3 Å². The second kappa shape index (κ2) is 7.27.